The van der Waals surface area contributed by atoms with Crippen molar-refractivity contribution in [2.75, 3.05) is 6.61 Å². The average Bonchev–Trinajstić information content (AvgIpc) is 3.32. The van der Waals surface area contributed by atoms with Crippen LogP contribution in [-0.2, 0) is 23.1 Å². The third-order valence-electron chi connectivity index (χ3n) is 5.88. The predicted molar refractivity (Wildman–Crippen MR) is 99.3 cm³/mol. The van der Waals surface area contributed by atoms with Gasteiger partial charge in [0.15, 0.2) is 0 Å². The minimum Gasteiger partial charge on any atom is -0.273 e. The molecule has 7 nitrogen and oxygen atoms in total. The molecule has 0 spiro atoms. The highest BCUT2D eigenvalue weighted by Gasteiger charge is 2.38. The molecule has 144 valence electrons. The number of rotatable bonds is 4. The van der Waals surface area contributed by atoms with E-state index in [0.717, 1.165) is 49.9 Å². The lowest BCUT2D eigenvalue weighted by Gasteiger charge is -2.31. The van der Waals surface area contributed by atoms with Crippen LogP contribution in [0, 0.1) is 18.8 Å². The molecule has 1 saturated heterocycles. The molecule has 0 N–H and O–H groups in total. The van der Waals surface area contributed by atoms with E-state index >= 15 is 0 Å². The van der Waals surface area contributed by atoms with Crippen LogP contribution in [0.25, 0.3) is 0 Å². The number of hydroxylamine groups is 2. The number of hydrogen-bond acceptors (Lipinski definition) is 5. The molecule has 0 aromatic carbocycles. The SMILES string of the molecule is Cc1cnc([C@@H]2CCON2C(=O)[C@H]2CC[C@H](Cc3ccnn3C)CC2)cn1. The van der Waals surface area contributed by atoms with E-state index in [4.69, 9.17) is 4.84 Å². The zero-order valence-electron chi connectivity index (χ0n) is 16.0. The third kappa shape index (κ3) is 3.88. The summed E-state index contributed by atoms with van der Waals surface area (Å²) in [6.45, 7) is 2.47. The van der Waals surface area contributed by atoms with Crippen LogP contribution < -0.4 is 0 Å². The van der Waals surface area contributed by atoms with E-state index in [-0.39, 0.29) is 17.9 Å². The van der Waals surface area contributed by atoms with Gasteiger partial charge in [0.25, 0.3) is 0 Å². The summed E-state index contributed by atoms with van der Waals surface area (Å²) in [5, 5.41) is 5.82. The standard InChI is InChI=1S/C20H27N5O2/c1-14-12-22-18(13-21-14)19-8-10-27-25(19)20(26)16-5-3-15(4-6-16)11-17-7-9-23-24(17)2/h7,9,12-13,15-16,19H,3-6,8,10-11H2,1-2H3/t15-,16-,19-/m0/s1. The number of carbonyl (C=O) groups is 1. The molecule has 2 fully saturated rings. The van der Waals surface area contributed by atoms with E-state index in [1.165, 1.54) is 5.69 Å². The van der Waals surface area contributed by atoms with Gasteiger partial charge in [0.2, 0.25) is 5.91 Å². The molecule has 3 heterocycles. The maximum atomic E-state index is 13.1. The first-order valence-electron chi connectivity index (χ1n) is 9.83. The van der Waals surface area contributed by atoms with Crippen LogP contribution >= 0.6 is 0 Å². The van der Waals surface area contributed by atoms with Crippen molar-refractivity contribution in [2.45, 2.75) is 51.5 Å². The summed E-state index contributed by atoms with van der Waals surface area (Å²) in [4.78, 5) is 27.5. The first kappa shape index (κ1) is 18.1. The predicted octanol–water partition coefficient (Wildman–Crippen LogP) is 2.77. The largest absolute Gasteiger partial charge is 0.273 e. The lowest BCUT2D eigenvalue weighted by Crippen LogP contribution is -2.37. The second-order valence-corrected chi connectivity index (χ2v) is 7.75. The van der Waals surface area contributed by atoms with Crippen molar-refractivity contribution in [1.82, 2.24) is 24.8 Å². The summed E-state index contributed by atoms with van der Waals surface area (Å²) in [5.41, 5.74) is 2.96. The fourth-order valence-corrected chi connectivity index (χ4v) is 4.22. The van der Waals surface area contributed by atoms with E-state index in [9.17, 15) is 4.79 Å². The Morgan fingerprint density at radius 2 is 2.00 bits per heavy atom. The van der Waals surface area contributed by atoms with Gasteiger partial charge in [0.05, 0.1) is 24.2 Å². The average molecular weight is 369 g/mol. The van der Waals surface area contributed by atoms with Gasteiger partial charge in [0, 0.05) is 37.5 Å². The monoisotopic (exact) mass is 369 g/mol. The van der Waals surface area contributed by atoms with E-state index < -0.39 is 0 Å². The smallest absolute Gasteiger partial charge is 0.249 e. The number of hydrogen-bond donors (Lipinski definition) is 0. The van der Waals surface area contributed by atoms with Crippen LogP contribution in [0.4, 0.5) is 0 Å². The quantitative estimate of drug-likeness (QED) is 0.829. The summed E-state index contributed by atoms with van der Waals surface area (Å²) in [6, 6.07) is 1.97. The molecule has 1 atom stereocenters. The van der Waals surface area contributed by atoms with Crippen molar-refractivity contribution in [3.63, 3.8) is 0 Å². The molecular formula is C20H27N5O2. The maximum Gasteiger partial charge on any atom is 0.249 e. The van der Waals surface area contributed by atoms with Gasteiger partial charge in [0.1, 0.15) is 6.04 Å². The highest BCUT2D eigenvalue weighted by molar-refractivity contribution is 5.78. The molecule has 1 saturated carbocycles. The molecule has 1 amide bonds. The molecular weight excluding hydrogens is 342 g/mol. The maximum absolute atomic E-state index is 13.1. The lowest BCUT2D eigenvalue weighted by molar-refractivity contribution is -0.183. The first-order chi connectivity index (χ1) is 13.1. The Morgan fingerprint density at radius 3 is 2.67 bits per heavy atom. The Morgan fingerprint density at radius 1 is 1.19 bits per heavy atom. The number of aryl methyl sites for hydroxylation is 2. The number of amides is 1. The van der Waals surface area contributed by atoms with Crippen LogP contribution in [0.3, 0.4) is 0 Å². The zero-order chi connectivity index (χ0) is 18.8. The van der Waals surface area contributed by atoms with Gasteiger partial charge in [-0.15, -0.1) is 0 Å². The van der Waals surface area contributed by atoms with Crippen molar-refractivity contribution in [3.8, 4) is 0 Å². The van der Waals surface area contributed by atoms with Crippen LogP contribution in [-0.4, -0.2) is 37.3 Å². The Balaban J connectivity index is 1.36. The van der Waals surface area contributed by atoms with Crippen molar-refractivity contribution >= 4 is 5.91 Å². The molecule has 7 heteroatoms. The summed E-state index contributed by atoms with van der Waals surface area (Å²) < 4.78 is 1.95. The molecule has 0 radical (unpaired) electrons. The third-order valence-corrected chi connectivity index (χ3v) is 5.88. The summed E-state index contributed by atoms with van der Waals surface area (Å²) >= 11 is 0. The minimum atomic E-state index is -0.113. The fourth-order valence-electron chi connectivity index (χ4n) is 4.22. The van der Waals surface area contributed by atoms with Gasteiger partial charge in [-0.3, -0.25) is 24.3 Å². The number of carbonyl (C=O) groups excluding carboxylic acids is 1. The topological polar surface area (TPSA) is 73.1 Å². The van der Waals surface area contributed by atoms with E-state index in [2.05, 4.69) is 21.1 Å². The van der Waals surface area contributed by atoms with Gasteiger partial charge < -0.3 is 0 Å². The molecule has 4 rings (SSSR count). The second kappa shape index (κ2) is 7.76. The molecule has 1 aliphatic carbocycles. The van der Waals surface area contributed by atoms with Gasteiger partial charge in [-0.25, -0.2) is 5.06 Å². The van der Waals surface area contributed by atoms with E-state index in [1.807, 2.05) is 24.9 Å². The molecule has 2 aliphatic rings. The van der Waals surface area contributed by atoms with Gasteiger partial charge in [-0.05, 0) is 51.0 Å². The Labute approximate surface area is 159 Å². The first-order valence-corrected chi connectivity index (χ1v) is 9.83. The van der Waals surface area contributed by atoms with Gasteiger partial charge >= 0.3 is 0 Å². The Bertz CT molecular complexity index is 780. The van der Waals surface area contributed by atoms with Gasteiger partial charge in [-0.2, -0.15) is 5.10 Å². The normalized spacial score (nSPS) is 25.7. The molecule has 1 aliphatic heterocycles. The Hall–Kier alpha value is -2.28. The van der Waals surface area contributed by atoms with Crippen LogP contribution in [0.15, 0.2) is 24.7 Å². The number of nitrogens with zero attached hydrogens (tertiary/aromatic N) is 5. The fraction of sp³-hybridized carbons (Fsp3) is 0.600. The van der Waals surface area contributed by atoms with E-state index in [0.29, 0.717) is 12.5 Å². The van der Waals surface area contributed by atoms with Crippen molar-refractivity contribution < 1.29 is 9.63 Å². The second-order valence-electron chi connectivity index (χ2n) is 7.75. The Kier molecular flexibility index (Phi) is 5.20. The molecule has 27 heavy (non-hydrogen) atoms. The van der Waals surface area contributed by atoms with E-state index in [1.54, 1.807) is 17.5 Å². The highest BCUT2D eigenvalue weighted by atomic mass is 16.7. The summed E-state index contributed by atoms with van der Waals surface area (Å²) in [6.07, 6.45) is 11.2. The van der Waals surface area contributed by atoms with Crippen molar-refractivity contribution in [3.05, 3.63) is 41.7 Å². The molecule has 0 unspecified atom stereocenters. The van der Waals surface area contributed by atoms with Crippen molar-refractivity contribution in [2.24, 2.45) is 18.9 Å². The number of aromatic nitrogens is 4. The molecule has 2 aromatic rings. The molecule has 0 bridgehead atoms. The highest BCUT2D eigenvalue weighted by Crippen LogP contribution is 2.36. The van der Waals surface area contributed by atoms with Crippen molar-refractivity contribution in [1.29, 1.82) is 0 Å². The zero-order valence-corrected chi connectivity index (χ0v) is 16.0. The molecule has 2 aromatic heterocycles. The summed E-state index contributed by atoms with van der Waals surface area (Å²) in [7, 11) is 1.99. The summed E-state index contributed by atoms with van der Waals surface area (Å²) in [5.74, 6) is 0.786. The lowest BCUT2D eigenvalue weighted by atomic mass is 9.79. The van der Waals surface area contributed by atoms with Gasteiger partial charge in [-0.1, -0.05) is 0 Å². The van der Waals surface area contributed by atoms with Crippen LogP contribution in [0.1, 0.15) is 55.2 Å². The minimum absolute atomic E-state index is 0.0480. The van der Waals surface area contributed by atoms with Crippen LogP contribution in [0.5, 0.6) is 0 Å². The van der Waals surface area contributed by atoms with Crippen LogP contribution in [0.2, 0.25) is 0 Å².